The number of aromatic nitrogens is 3. The van der Waals surface area contributed by atoms with Crippen LogP contribution in [0.4, 0.5) is 16.8 Å². The lowest BCUT2D eigenvalue weighted by atomic mass is 10.2. The molecule has 8 nitrogen and oxygen atoms in total. The van der Waals surface area contributed by atoms with Gasteiger partial charge >= 0.3 is 0 Å². The highest BCUT2D eigenvalue weighted by molar-refractivity contribution is 7.18. The number of nitrogens with zero attached hydrogens (tertiary/aromatic N) is 4. The highest BCUT2D eigenvalue weighted by Gasteiger charge is 2.31. The van der Waals surface area contributed by atoms with Gasteiger partial charge in [-0.3, -0.25) is 4.79 Å². The predicted octanol–water partition coefficient (Wildman–Crippen LogP) is 2.81. The summed E-state index contributed by atoms with van der Waals surface area (Å²) < 4.78 is 5.22. The minimum atomic E-state index is -0.302. The van der Waals surface area contributed by atoms with Crippen LogP contribution < -0.4 is 20.7 Å². The second-order valence-electron chi connectivity index (χ2n) is 6.37. The summed E-state index contributed by atoms with van der Waals surface area (Å²) in [5.41, 5.74) is 6.32. The molecule has 1 fully saturated rings. The average molecular weight is 396 g/mol. The van der Waals surface area contributed by atoms with Crippen LogP contribution in [0.25, 0.3) is 10.6 Å². The molecule has 0 saturated carbocycles. The van der Waals surface area contributed by atoms with Crippen molar-refractivity contribution in [3.05, 3.63) is 42.7 Å². The molecule has 28 heavy (non-hydrogen) atoms. The molecule has 4 heterocycles. The van der Waals surface area contributed by atoms with E-state index in [0.717, 1.165) is 40.8 Å². The smallest absolute Gasteiger partial charge is 0.240 e. The Labute approximate surface area is 166 Å². The number of anilines is 3. The van der Waals surface area contributed by atoms with Crippen molar-refractivity contribution in [2.75, 3.05) is 23.9 Å². The number of thiazole rings is 1. The van der Waals surface area contributed by atoms with Crippen molar-refractivity contribution < 1.29 is 9.53 Å². The maximum absolute atomic E-state index is 11.6. The van der Waals surface area contributed by atoms with Gasteiger partial charge in [-0.1, -0.05) is 17.4 Å². The highest BCUT2D eigenvalue weighted by atomic mass is 32.1. The van der Waals surface area contributed by atoms with Gasteiger partial charge in [0.05, 0.1) is 17.7 Å². The third-order valence-corrected chi connectivity index (χ3v) is 5.60. The van der Waals surface area contributed by atoms with Crippen molar-refractivity contribution >= 4 is 34.0 Å². The molecular weight excluding hydrogens is 376 g/mol. The third kappa shape index (κ3) is 3.74. The van der Waals surface area contributed by atoms with Crippen LogP contribution in [0.2, 0.25) is 0 Å². The van der Waals surface area contributed by atoms with E-state index in [-0.39, 0.29) is 11.9 Å². The Balaban J connectivity index is 1.55. The molecule has 3 N–H and O–H groups in total. The van der Waals surface area contributed by atoms with Gasteiger partial charge in [0.2, 0.25) is 5.91 Å². The zero-order chi connectivity index (χ0) is 19.5. The van der Waals surface area contributed by atoms with E-state index in [1.54, 1.807) is 31.6 Å². The maximum Gasteiger partial charge on any atom is 0.240 e. The fraction of sp³-hybridized carbons (Fsp3) is 0.263. The van der Waals surface area contributed by atoms with Crippen molar-refractivity contribution in [3.63, 3.8) is 0 Å². The number of primary amides is 1. The summed E-state index contributed by atoms with van der Waals surface area (Å²) in [6.07, 6.45) is 5.17. The van der Waals surface area contributed by atoms with Gasteiger partial charge in [0.1, 0.15) is 23.4 Å². The summed E-state index contributed by atoms with van der Waals surface area (Å²) in [7, 11) is 1.61. The number of nitrogens with two attached hydrogens (primary N) is 1. The number of carbonyl (C=O) groups excluding carboxylic acids is 1. The largest absolute Gasteiger partial charge is 0.497 e. The van der Waals surface area contributed by atoms with Crippen LogP contribution in [0.15, 0.2) is 42.7 Å². The van der Waals surface area contributed by atoms with Crippen molar-refractivity contribution in [1.82, 2.24) is 15.0 Å². The summed E-state index contributed by atoms with van der Waals surface area (Å²) in [6, 6.07) is 9.03. The molecule has 0 unspecified atom stereocenters. The lowest BCUT2D eigenvalue weighted by molar-refractivity contribution is -0.119. The van der Waals surface area contributed by atoms with E-state index in [0.29, 0.717) is 11.6 Å². The molecule has 1 amide bonds. The summed E-state index contributed by atoms with van der Waals surface area (Å²) in [6.45, 7) is 0.789. The van der Waals surface area contributed by atoms with E-state index in [1.165, 1.54) is 11.3 Å². The number of hydrogen-bond acceptors (Lipinski definition) is 8. The van der Waals surface area contributed by atoms with Crippen LogP contribution in [0.3, 0.4) is 0 Å². The van der Waals surface area contributed by atoms with Gasteiger partial charge in [-0.15, -0.1) is 0 Å². The molecule has 0 aromatic carbocycles. The van der Waals surface area contributed by atoms with E-state index < -0.39 is 0 Å². The van der Waals surface area contributed by atoms with E-state index in [9.17, 15) is 4.79 Å². The molecular formula is C19H20N6O2S. The average Bonchev–Trinajstić information content (AvgIpc) is 3.38. The lowest BCUT2D eigenvalue weighted by Gasteiger charge is -2.20. The molecule has 1 aliphatic rings. The Hall–Kier alpha value is -3.20. The van der Waals surface area contributed by atoms with E-state index in [4.69, 9.17) is 10.5 Å². The second kappa shape index (κ2) is 7.81. The van der Waals surface area contributed by atoms with Gasteiger partial charge in [0, 0.05) is 25.0 Å². The Kier molecular flexibility index (Phi) is 5.07. The molecule has 144 valence electrons. The highest BCUT2D eigenvalue weighted by Crippen LogP contribution is 2.34. The van der Waals surface area contributed by atoms with Crippen LogP contribution in [0.1, 0.15) is 12.8 Å². The van der Waals surface area contributed by atoms with Crippen molar-refractivity contribution in [3.8, 4) is 16.3 Å². The van der Waals surface area contributed by atoms with Crippen LogP contribution in [0, 0.1) is 0 Å². The molecule has 3 aromatic heterocycles. The number of rotatable bonds is 6. The summed E-state index contributed by atoms with van der Waals surface area (Å²) in [4.78, 5) is 28.0. The zero-order valence-electron chi connectivity index (χ0n) is 15.3. The molecule has 1 atom stereocenters. The number of nitrogens with one attached hydrogen (secondary N) is 1. The Bertz CT molecular complexity index is 992. The van der Waals surface area contributed by atoms with Crippen LogP contribution in [-0.4, -0.2) is 40.6 Å². The third-order valence-electron chi connectivity index (χ3n) is 4.55. The van der Waals surface area contributed by atoms with Crippen molar-refractivity contribution in [2.24, 2.45) is 5.73 Å². The number of pyridine rings is 2. The summed E-state index contributed by atoms with van der Waals surface area (Å²) >= 11 is 1.51. The summed E-state index contributed by atoms with van der Waals surface area (Å²) in [5, 5.41) is 3.98. The quantitative estimate of drug-likeness (QED) is 0.660. The normalized spacial score (nSPS) is 16.2. The van der Waals surface area contributed by atoms with Crippen LogP contribution in [0.5, 0.6) is 5.75 Å². The zero-order valence-corrected chi connectivity index (χ0v) is 16.1. The minimum absolute atomic E-state index is 0.279. The number of amides is 1. The number of hydrogen-bond donors (Lipinski definition) is 2. The molecule has 1 aliphatic heterocycles. The van der Waals surface area contributed by atoms with Gasteiger partial charge in [-0.05, 0) is 31.0 Å². The van der Waals surface area contributed by atoms with Crippen molar-refractivity contribution in [1.29, 1.82) is 0 Å². The predicted molar refractivity (Wildman–Crippen MR) is 109 cm³/mol. The number of ether oxygens (including phenoxy) is 1. The first kappa shape index (κ1) is 18.2. The van der Waals surface area contributed by atoms with Crippen LogP contribution >= 0.6 is 11.3 Å². The Morgan fingerprint density at radius 2 is 2.21 bits per heavy atom. The van der Waals surface area contributed by atoms with Gasteiger partial charge in [0.15, 0.2) is 5.13 Å². The standard InChI is InChI=1S/C19H20N6O2S/c1-27-12-7-8-21-17(10-12)24-16-6-2-4-13(23-16)15-11-22-19(28-15)25-9-3-5-14(25)18(20)26/h2,4,6-8,10-11,14H,3,5,9H2,1H3,(H2,20,26)(H,21,23,24)/t14-/m0/s1. The molecule has 3 aromatic rings. The lowest BCUT2D eigenvalue weighted by Crippen LogP contribution is -2.40. The van der Waals surface area contributed by atoms with E-state index in [1.807, 2.05) is 23.1 Å². The molecule has 0 aliphatic carbocycles. The van der Waals surface area contributed by atoms with Gasteiger partial charge in [-0.2, -0.15) is 0 Å². The molecule has 0 spiro atoms. The Morgan fingerprint density at radius 1 is 1.32 bits per heavy atom. The van der Waals surface area contributed by atoms with E-state index in [2.05, 4.69) is 20.3 Å². The second-order valence-corrected chi connectivity index (χ2v) is 7.38. The molecule has 9 heteroatoms. The first-order valence-corrected chi connectivity index (χ1v) is 9.72. The maximum atomic E-state index is 11.6. The van der Waals surface area contributed by atoms with Gasteiger partial charge < -0.3 is 20.7 Å². The molecule has 0 radical (unpaired) electrons. The molecule has 4 rings (SSSR count). The molecule has 1 saturated heterocycles. The van der Waals surface area contributed by atoms with Gasteiger partial charge in [-0.25, -0.2) is 15.0 Å². The minimum Gasteiger partial charge on any atom is -0.497 e. The van der Waals surface area contributed by atoms with Crippen LogP contribution in [-0.2, 0) is 4.79 Å². The molecule has 0 bridgehead atoms. The fourth-order valence-electron chi connectivity index (χ4n) is 3.19. The monoisotopic (exact) mass is 396 g/mol. The topological polar surface area (TPSA) is 106 Å². The van der Waals surface area contributed by atoms with Crippen molar-refractivity contribution in [2.45, 2.75) is 18.9 Å². The van der Waals surface area contributed by atoms with E-state index >= 15 is 0 Å². The first-order chi connectivity index (χ1) is 13.6. The van der Waals surface area contributed by atoms with Gasteiger partial charge in [0.25, 0.3) is 0 Å². The SMILES string of the molecule is COc1ccnc(Nc2cccc(-c3cnc(N4CCC[C@H]4C(N)=O)s3)n2)c1. The Morgan fingerprint density at radius 3 is 3.04 bits per heavy atom. The first-order valence-electron chi connectivity index (χ1n) is 8.90. The fourth-order valence-corrected chi connectivity index (χ4v) is 4.15. The summed E-state index contributed by atoms with van der Waals surface area (Å²) in [5.74, 6) is 1.74. The number of carbonyl (C=O) groups is 1. The number of methoxy groups -OCH3 is 1.